The van der Waals surface area contributed by atoms with Crippen LogP contribution in [0.2, 0.25) is 12.6 Å². The lowest BCUT2D eigenvalue weighted by atomic mass is 10.4. The Kier molecular flexibility index (Phi) is 1.61. The molecular formula is C5H8NOSi. The Bertz CT molecular complexity index is 130. The van der Waals surface area contributed by atoms with Crippen molar-refractivity contribution in [2.75, 3.05) is 0 Å². The van der Waals surface area contributed by atoms with Crippen LogP contribution < -0.4 is 0 Å². The summed E-state index contributed by atoms with van der Waals surface area (Å²) in [5.41, 5.74) is 0.400. The first kappa shape index (κ1) is 5.73. The molecule has 8 heavy (non-hydrogen) atoms. The summed E-state index contributed by atoms with van der Waals surface area (Å²) >= 11 is 0. The molecule has 1 radical (unpaired) electrons. The van der Waals surface area contributed by atoms with E-state index in [4.69, 9.17) is 0 Å². The topological polar surface area (TPSA) is 29.4 Å². The molecule has 2 nitrogen and oxygen atoms in total. The van der Waals surface area contributed by atoms with Gasteiger partial charge in [-0.3, -0.25) is 0 Å². The minimum atomic E-state index is -0.224. The van der Waals surface area contributed by atoms with Gasteiger partial charge in [0.15, 0.2) is 0 Å². The van der Waals surface area contributed by atoms with E-state index in [-0.39, 0.29) is 8.80 Å². The summed E-state index contributed by atoms with van der Waals surface area (Å²) in [7, 11) is -0.224. The van der Waals surface area contributed by atoms with Crippen LogP contribution in [-0.4, -0.2) is 20.5 Å². The molecular weight excluding hydrogens is 118 g/mol. The number of nitrogens with zero attached hydrogens (tertiary/aromatic N) is 1. The Morgan fingerprint density at radius 2 is 2.62 bits per heavy atom. The van der Waals surface area contributed by atoms with Gasteiger partial charge in [0.25, 0.3) is 0 Å². The van der Waals surface area contributed by atoms with Crippen molar-refractivity contribution in [3.8, 4) is 0 Å². The lowest BCUT2D eigenvalue weighted by Gasteiger charge is -2.26. The van der Waals surface area contributed by atoms with E-state index in [9.17, 15) is 4.79 Å². The highest BCUT2D eigenvalue weighted by Crippen LogP contribution is 2.21. The van der Waals surface area contributed by atoms with Crippen LogP contribution in [0.5, 0.6) is 0 Å². The summed E-state index contributed by atoms with van der Waals surface area (Å²) in [5, 5.41) is 0. The van der Waals surface area contributed by atoms with E-state index in [0.29, 0.717) is 5.67 Å². The standard InChI is InChI=1S/C5H8NOSi/c1-8-3-2-5(8)6-4-7/h5H,2-3H2,1H3. The van der Waals surface area contributed by atoms with Crippen molar-refractivity contribution in [2.24, 2.45) is 4.99 Å². The summed E-state index contributed by atoms with van der Waals surface area (Å²) in [6.07, 6.45) is 2.73. The van der Waals surface area contributed by atoms with Crippen LogP contribution in [0.1, 0.15) is 6.42 Å². The molecule has 1 fully saturated rings. The van der Waals surface area contributed by atoms with Crippen molar-refractivity contribution in [1.82, 2.24) is 0 Å². The fraction of sp³-hybridized carbons (Fsp3) is 0.800. The summed E-state index contributed by atoms with van der Waals surface area (Å²) in [4.78, 5) is 13.3. The van der Waals surface area contributed by atoms with Crippen molar-refractivity contribution in [1.29, 1.82) is 0 Å². The highest BCUT2D eigenvalue weighted by molar-refractivity contribution is 6.62. The molecule has 1 atom stereocenters. The Hall–Kier alpha value is -0.403. The van der Waals surface area contributed by atoms with E-state index >= 15 is 0 Å². The Morgan fingerprint density at radius 1 is 1.88 bits per heavy atom. The third-order valence-corrected chi connectivity index (χ3v) is 4.22. The fourth-order valence-electron chi connectivity index (χ4n) is 0.800. The molecule has 0 aliphatic carbocycles. The lowest BCUT2D eigenvalue weighted by Crippen LogP contribution is -2.36. The van der Waals surface area contributed by atoms with E-state index in [2.05, 4.69) is 11.5 Å². The first-order valence-corrected chi connectivity index (χ1v) is 5.02. The molecule has 0 aromatic carbocycles. The highest BCUT2D eigenvalue weighted by atomic mass is 28.3. The number of rotatable bonds is 1. The summed E-state index contributed by atoms with van der Waals surface area (Å²) < 4.78 is 0. The van der Waals surface area contributed by atoms with Crippen LogP contribution in [0.4, 0.5) is 0 Å². The molecule has 3 heteroatoms. The number of aliphatic imine (C=N–C) groups is 1. The maximum Gasteiger partial charge on any atom is 0.234 e. The van der Waals surface area contributed by atoms with Crippen LogP contribution in [-0.2, 0) is 4.79 Å². The molecule has 1 aliphatic rings. The third kappa shape index (κ3) is 0.879. The average molecular weight is 126 g/mol. The number of carbonyl (C=O) groups excluding carboxylic acids is 1. The van der Waals surface area contributed by atoms with Gasteiger partial charge in [0, 0.05) is 0 Å². The predicted molar refractivity (Wildman–Crippen MR) is 33.0 cm³/mol. The molecule has 1 heterocycles. The SMILES string of the molecule is C[Si]1CCC1N=C=O. The molecule has 43 valence electrons. The first-order valence-electron chi connectivity index (χ1n) is 2.74. The fourth-order valence-corrected chi connectivity index (χ4v) is 2.20. The molecule has 1 rings (SSSR count). The molecule has 0 spiro atoms. The van der Waals surface area contributed by atoms with E-state index in [1.54, 1.807) is 6.08 Å². The van der Waals surface area contributed by atoms with Crippen molar-refractivity contribution in [3.63, 3.8) is 0 Å². The van der Waals surface area contributed by atoms with Gasteiger partial charge in [-0.2, -0.15) is 0 Å². The minimum absolute atomic E-state index is 0.224. The van der Waals surface area contributed by atoms with Crippen LogP contribution in [0.25, 0.3) is 0 Å². The Morgan fingerprint density at radius 3 is 2.75 bits per heavy atom. The van der Waals surface area contributed by atoms with Gasteiger partial charge < -0.3 is 0 Å². The predicted octanol–water partition coefficient (Wildman–Crippen LogP) is 0.758. The molecule has 0 amide bonds. The Labute approximate surface area is 50.2 Å². The maximum atomic E-state index is 9.68. The van der Waals surface area contributed by atoms with Crippen molar-refractivity contribution in [3.05, 3.63) is 0 Å². The second-order valence-electron chi connectivity index (χ2n) is 2.12. The van der Waals surface area contributed by atoms with Crippen molar-refractivity contribution >= 4 is 14.9 Å². The van der Waals surface area contributed by atoms with Crippen LogP contribution >= 0.6 is 0 Å². The number of isocyanates is 1. The van der Waals surface area contributed by atoms with Crippen molar-refractivity contribution < 1.29 is 4.79 Å². The maximum absolute atomic E-state index is 9.68. The third-order valence-electron chi connectivity index (χ3n) is 1.59. The van der Waals surface area contributed by atoms with E-state index in [0.717, 1.165) is 6.42 Å². The van der Waals surface area contributed by atoms with Gasteiger partial charge in [0.1, 0.15) is 0 Å². The van der Waals surface area contributed by atoms with Crippen LogP contribution in [0, 0.1) is 0 Å². The van der Waals surface area contributed by atoms with E-state index < -0.39 is 0 Å². The monoisotopic (exact) mass is 126 g/mol. The van der Waals surface area contributed by atoms with E-state index in [1.165, 1.54) is 6.04 Å². The zero-order chi connectivity index (χ0) is 5.98. The average Bonchev–Trinajstić information content (AvgIpc) is 1.79. The molecule has 0 N–H and O–H groups in total. The smallest absolute Gasteiger partial charge is 0.211 e. The zero-order valence-electron chi connectivity index (χ0n) is 4.85. The molecule has 0 aromatic heterocycles. The first-order chi connectivity index (χ1) is 3.84. The van der Waals surface area contributed by atoms with Gasteiger partial charge >= 0.3 is 0 Å². The van der Waals surface area contributed by atoms with Gasteiger partial charge in [-0.1, -0.05) is 12.6 Å². The van der Waals surface area contributed by atoms with Crippen LogP contribution in [0.15, 0.2) is 4.99 Å². The number of hydrogen-bond acceptors (Lipinski definition) is 2. The molecule has 0 bridgehead atoms. The van der Waals surface area contributed by atoms with Crippen molar-refractivity contribution in [2.45, 2.75) is 24.7 Å². The van der Waals surface area contributed by atoms with E-state index in [1.807, 2.05) is 0 Å². The van der Waals surface area contributed by atoms with Gasteiger partial charge in [-0.25, -0.2) is 9.79 Å². The molecule has 1 aliphatic heterocycles. The lowest BCUT2D eigenvalue weighted by molar-refractivity contribution is 0.559. The normalized spacial score (nSPS) is 28.4. The van der Waals surface area contributed by atoms with Gasteiger partial charge in [0.2, 0.25) is 6.08 Å². The highest BCUT2D eigenvalue weighted by Gasteiger charge is 2.27. The van der Waals surface area contributed by atoms with Gasteiger partial charge in [0.05, 0.1) is 14.5 Å². The summed E-state index contributed by atoms with van der Waals surface area (Å²) in [6.45, 7) is 2.21. The molecule has 0 aromatic rings. The molecule has 1 unspecified atom stereocenters. The van der Waals surface area contributed by atoms with Gasteiger partial charge in [-0.05, 0) is 6.42 Å². The van der Waals surface area contributed by atoms with Crippen LogP contribution in [0.3, 0.4) is 0 Å². The second kappa shape index (κ2) is 2.24. The number of hydrogen-bond donors (Lipinski definition) is 0. The summed E-state index contributed by atoms with van der Waals surface area (Å²) in [5.74, 6) is 0. The van der Waals surface area contributed by atoms with Gasteiger partial charge in [-0.15, -0.1) is 0 Å². The molecule has 1 saturated heterocycles. The zero-order valence-corrected chi connectivity index (χ0v) is 5.85. The largest absolute Gasteiger partial charge is 0.234 e. The second-order valence-corrected chi connectivity index (χ2v) is 4.98. The quantitative estimate of drug-likeness (QED) is 0.290. The Balaban J connectivity index is 2.37. The summed E-state index contributed by atoms with van der Waals surface area (Å²) in [6, 6.07) is 1.32. The molecule has 0 saturated carbocycles. The minimum Gasteiger partial charge on any atom is -0.211 e.